The van der Waals surface area contributed by atoms with E-state index < -0.39 is 28.4 Å². The van der Waals surface area contributed by atoms with Crippen LogP contribution in [-0.4, -0.2) is 34.6 Å². The summed E-state index contributed by atoms with van der Waals surface area (Å²) in [6.45, 7) is 1.74. The highest BCUT2D eigenvalue weighted by Gasteiger charge is 2.27. The number of nitrogens with zero attached hydrogens (tertiary/aromatic N) is 1. The molecule has 0 saturated carbocycles. The molecule has 0 amide bonds. The molecule has 2 rings (SSSR count). The standard InChI is InChI=1S/C17H18FNO5S/c1-3-24-15-8-10-16(11-9-15)25(21,22)19(12-17(20)23-2)14-6-4-13(18)5-7-14/h4-11H,3,12H2,1-2H3. The number of benzene rings is 2. The Balaban J connectivity index is 2.43. The number of ether oxygens (including phenoxy) is 2. The van der Waals surface area contributed by atoms with Gasteiger partial charge >= 0.3 is 5.97 Å². The van der Waals surface area contributed by atoms with Gasteiger partial charge in [-0.3, -0.25) is 9.10 Å². The van der Waals surface area contributed by atoms with Crippen molar-refractivity contribution in [2.45, 2.75) is 11.8 Å². The van der Waals surface area contributed by atoms with Crippen molar-refractivity contribution >= 4 is 21.7 Å². The van der Waals surface area contributed by atoms with Crippen LogP contribution in [0.3, 0.4) is 0 Å². The first kappa shape index (κ1) is 18.7. The smallest absolute Gasteiger partial charge is 0.326 e. The molecule has 134 valence electrons. The van der Waals surface area contributed by atoms with Crippen LogP contribution in [0.2, 0.25) is 0 Å². The van der Waals surface area contributed by atoms with Crippen molar-refractivity contribution in [3.63, 3.8) is 0 Å². The first-order chi connectivity index (χ1) is 11.9. The summed E-state index contributed by atoms with van der Waals surface area (Å²) in [7, 11) is -2.89. The third-order valence-electron chi connectivity index (χ3n) is 3.34. The molecule has 0 bridgehead atoms. The minimum Gasteiger partial charge on any atom is -0.494 e. The summed E-state index contributed by atoms with van der Waals surface area (Å²) in [6.07, 6.45) is 0. The summed E-state index contributed by atoms with van der Waals surface area (Å²) >= 11 is 0. The van der Waals surface area contributed by atoms with Gasteiger partial charge in [0.15, 0.2) is 0 Å². The molecule has 0 N–H and O–H groups in total. The maximum atomic E-state index is 13.1. The van der Waals surface area contributed by atoms with Crippen molar-refractivity contribution in [2.24, 2.45) is 0 Å². The molecule has 8 heteroatoms. The Bertz CT molecular complexity index is 819. The highest BCUT2D eigenvalue weighted by atomic mass is 32.2. The Morgan fingerprint density at radius 2 is 1.68 bits per heavy atom. The summed E-state index contributed by atoms with van der Waals surface area (Å²) in [5.74, 6) is -0.721. The largest absolute Gasteiger partial charge is 0.494 e. The lowest BCUT2D eigenvalue weighted by molar-refractivity contribution is -0.138. The Kier molecular flexibility index (Phi) is 5.97. The van der Waals surface area contributed by atoms with E-state index in [1.165, 1.54) is 36.4 Å². The third-order valence-corrected chi connectivity index (χ3v) is 5.13. The van der Waals surface area contributed by atoms with Crippen molar-refractivity contribution in [2.75, 3.05) is 24.6 Å². The first-order valence-corrected chi connectivity index (χ1v) is 8.90. The number of rotatable bonds is 7. The average Bonchev–Trinajstić information content (AvgIpc) is 2.61. The van der Waals surface area contributed by atoms with E-state index in [4.69, 9.17) is 4.74 Å². The average molecular weight is 367 g/mol. The van der Waals surface area contributed by atoms with Crippen LogP contribution in [0, 0.1) is 5.82 Å². The number of anilines is 1. The zero-order valence-electron chi connectivity index (χ0n) is 13.8. The normalized spacial score (nSPS) is 11.0. The minimum atomic E-state index is -4.05. The lowest BCUT2D eigenvalue weighted by atomic mass is 10.3. The lowest BCUT2D eigenvalue weighted by Crippen LogP contribution is -2.36. The number of carbonyl (C=O) groups excluding carboxylic acids is 1. The maximum Gasteiger partial charge on any atom is 0.326 e. The number of carbonyl (C=O) groups is 1. The van der Waals surface area contributed by atoms with Gasteiger partial charge in [-0.05, 0) is 55.5 Å². The van der Waals surface area contributed by atoms with Crippen LogP contribution in [0.1, 0.15) is 6.92 Å². The monoisotopic (exact) mass is 367 g/mol. The molecule has 0 aliphatic carbocycles. The van der Waals surface area contributed by atoms with Crippen molar-refractivity contribution in [1.29, 1.82) is 0 Å². The molecular formula is C17H18FNO5S. The Morgan fingerprint density at radius 1 is 1.08 bits per heavy atom. The minimum absolute atomic E-state index is 0.0239. The van der Waals surface area contributed by atoms with Gasteiger partial charge in [0.2, 0.25) is 0 Å². The van der Waals surface area contributed by atoms with Crippen molar-refractivity contribution in [3.8, 4) is 5.75 Å². The maximum absolute atomic E-state index is 13.1. The van der Waals surface area contributed by atoms with Crippen molar-refractivity contribution < 1.29 is 27.1 Å². The van der Waals surface area contributed by atoms with Crippen LogP contribution >= 0.6 is 0 Å². The molecule has 0 aromatic heterocycles. The van der Waals surface area contributed by atoms with Gasteiger partial charge in [-0.1, -0.05) is 0 Å². The van der Waals surface area contributed by atoms with Crippen LogP contribution in [0.15, 0.2) is 53.4 Å². The van der Waals surface area contributed by atoms with Crippen LogP contribution < -0.4 is 9.04 Å². The van der Waals surface area contributed by atoms with Crippen LogP contribution in [-0.2, 0) is 19.6 Å². The molecule has 0 aliphatic heterocycles. The Hall–Kier alpha value is -2.61. The number of methoxy groups -OCH3 is 1. The second-order valence-corrected chi connectivity index (χ2v) is 6.83. The summed E-state index contributed by atoms with van der Waals surface area (Å²) < 4.78 is 49.7. The van der Waals surface area contributed by atoms with Gasteiger partial charge in [0, 0.05) is 0 Å². The molecular weight excluding hydrogens is 349 g/mol. The van der Waals surface area contributed by atoms with Gasteiger partial charge in [-0.15, -0.1) is 0 Å². The van der Waals surface area contributed by atoms with Gasteiger partial charge in [-0.2, -0.15) is 0 Å². The van der Waals surface area contributed by atoms with E-state index in [0.717, 1.165) is 23.5 Å². The Labute approximate surface area is 145 Å². The van der Waals surface area contributed by atoms with E-state index in [1.807, 2.05) is 6.92 Å². The lowest BCUT2D eigenvalue weighted by Gasteiger charge is -2.23. The predicted octanol–water partition coefficient (Wildman–Crippen LogP) is 2.59. The van der Waals surface area contributed by atoms with E-state index in [9.17, 15) is 17.6 Å². The molecule has 0 fully saturated rings. The van der Waals surface area contributed by atoms with Crippen LogP contribution in [0.4, 0.5) is 10.1 Å². The molecule has 2 aromatic rings. The van der Waals surface area contributed by atoms with E-state index in [2.05, 4.69) is 4.74 Å². The molecule has 0 radical (unpaired) electrons. The molecule has 25 heavy (non-hydrogen) atoms. The molecule has 0 unspecified atom stereocenters. The fourth-order valence-corrected chi connectivity index (χ4v) is 3.52. The topological polar surface area (TPSA) is 72.9 Å². The van der Waals surface area contributed by atoms with Crippen molar-refractivity contribution in [1.82, 2.24) is 0 Å². The SMILES string of the molecule is CCOc1ccc(S(=O)(=O)N(CC(=O)OC)c2ccc(F)cc2)cc1. The first-order valence-electron chi connectivity index (χ1n) is 7.46. The molecule has 0 atom stereocenters. The van der Waals surface area contributed by atoms with Crippen molar-refractivity contribution in [3.05, 3.63) is 54.3 Å². The molecule has 0 heterocycles. The van der Waals surface area contributed by atoms with Gasteiger partial charge in [0.1, 0.15) is 18.1 Å². The zero-order chi connectivity index (χ0) is 18.4. The highest BCUT2D eigenvalue weighted by molar-refractivity contribution is 7.92. The van der Waals surface area contributed by atoms with Crippen LogP contribution in [0.5, 0.6) is 5.75 Å². The number of esters is 1. The zero-order valence-corrected chi connectivity index (χ0v) is 14.6. The summed E-state index contributed by atoms with van der Waals surface area (Å²) in [5.41, 5.74) is 0.153. The quantitative estimate of drug-likeness (QED) is 0.704. The van der Waals surface area contributed by atoms with Gasteiger partial charge < -0.3 is 9.47 Å². The van der Waals surface area contributed by atoms with Gasteiger partial charge in [-0.25, -0.2) is 12.8 Å². The fourth-order valence-electron chi connectivity index (χ4n) is 2.11. The molecule has 0 aliphatic rings. The predicted molar refractivity (Wildman–Crippen MR) is 90.6 cm³/mol. The second kappa shape index (κ2) is 7.98. The fraction of sp³-hybridized carbons (Fsp3) is 0.235. The van der Waals surface area contributed by atoms with E-state index in [0.29, 0.717) is 12.4 Å². The third kappa shape index (κ3) is 4.48. The summed E-state index contributed by atoms with van der Waals surface area (Å²) in [4.78, 5) is 11.6. The van der Waals surface area contributed by atoms with Gasteiger partial charge in [0.05, 0.1) is 24.3 Å². The number of hydrogen-bond donors (Lipinski definition) is 0. The molecule has 0 saturated heterocycles. The van der Waals surface area contributed by atoms with E-state index in [1.54, 1.807) is 0 Å². The van der Waals surface area contributed by atoms with E-state index in [-0.39, 0.29) is 10.6 Å². The highest BCUT2D eigenvalue weighted by Crippen LogP contribution is 2.25. The number of sulfonamides is 1. The summed E-state index contributed by atoms with van der Waals surface area (Å²) in [5, 5.41) is 0. The summed E-state index contributed by atoms with van der Waals surface area (Å²) in [6, 6.07) is 10.6. The van der Waals surface area contributed by atoms with Crippen LogP contribution in [0.25, 0.3) is 0 Å². The van der Waals surface area contributed by atoms with E-state index >= 15 is 0 Å². The molecule has 0 spiro atoms. The molecule has 2 aromatic carbocycles. The number of halogens is 1. The van der Waals surface area contributed by atoms with Gasteiger partial charge in [0.25, 0.3) is 10.0 Å². The molecule has 6 nitrogen and oxygen atoms in total. The second-order valence-electron chi connectivity index (χ2n) is 4.97. The Morgan fingerprint density at radius 3 is 2.20 bits per heavy atom. The number of hydrogen-bond acceptors (Lipinski definition) is 5.